The van der Waals surface area contributed by atoms with E-state index in [-0.39, 0.29) is 6.79 Å². The Labute approximate surface area is 155 Å². The fourth-order valence-electron chi connectivity index (χ4n) is 2.90. The van der Waals surface area contributed by atoms with Crippen molar-refractivity contribution in [2.75, 3.05) is 18.7 Å². The number of benzene rings is 1. The third kappa shape index (κ3) is 2.99. The highest BCUT2D eigenvalue weighted by molar-refractivity contribution is 7.09. The van der Waals surface area contributed by atoms with Crippen molar-refractivity contribution >= 4 is 16.7 Å². The van der Waals surface area contributed by atoms with Crippen LogP contribution in [0.1, 0.15) is 18.9 Å². The number of hydrogen-bond donors (Lipinski definition) is 1. The lowest BCUT2D eigenvalue weighted by Crippen LogP contribution is -2.56. The quantitative estimate of drug-likeness (QED) is 0.663. The van der Waals surface area contributed by atoms with E-state index in [0.29, 0.717) is 12.4 Å². The molecule has 3 aromatic rings. The highest BCUT2D eigenvalue weighted by atomic mass is 32.1. The van der Waals surface area contributed by atoms with Crippen LogP contribution in [0.2, 0.25) is 0 Å². The molecular weight excluding hydrogens is 352 g/mol. The molecule has 0 radical (unpaired) electrons. The van der Waals surface area contributed by atoms with Gasteiger partial charge in [-0.3, -0.25) is 4.57 Å². The van der Waals surface area contributed by atoms with Gasteiger partial charge in [0.15, 0.2) is 11.5 Å². The number of nitrogens with zero attached hydrogens (tertiary/aromatic N) is 5. The minimum absolute atomic E-state index is 0.266. The third-order valence-corrected chi connectivity index (χ3v) is 5.44. The summed E-state index contributed by atoms with van der Waals surface area (Å²) in [6.45, 7) is 2.34. The van der Waals surface area contributed by atoms with E-state index in [4.69, 9.17) is 15.2 Å². The molecule has 136 valence electrons. The van der Waals surface area contributed by atoms with Gasteiger partial charge in [-0.2, -0.15) is 9.36 Å². The molecular formula is C17H20N6O2S. The SMILES string of the molecule is CCC(N)(Cc1ccc2c(c1)OCO2)N(C)c1nc(-n2ccnc2)ns1. The Morgan fingerprint density at radius 3 is 2.96 bits per heavy atom. The number of fused-ring (bicyclic) bond motifs is 1. The molecule has 1 atom stereocenters. The van der Waals surface area contributed by atoms with Crippen molar-refractivity contribution in [1.29, 1.82) is 0 Å². The van der Waals surface area contributed by atoms with Gasteiger partial charge in [-0.15, -0.1) is 0 Å². The van der Waals surface area contributed by atoms with Crippen LogP contribution in [0.4, 0.5) is 5.13 Å². The maximum Gasteiger partial charge on any atom is 0.248 e. The molecule has 9 heteroatoms. The fourth-order valence-corrected chi connectivity index (χ4v) is 3.63. The molecule has 8 nitrogen and oxygen atoms in total. The molecule has 0 amide bonds. The second kappa shape index (κ2) is 6.58. The van der Waals surface area contributed by atoms with Gasteiger partial charge in [-0.25, -0.2) is 4.98 Å². The van der Waals surface area contributed by atoms with Crippen LogP contribution >= 0.6 is 11.5 Å². The smallest absolute Gasteiger partial charge is 0.248 e. The van der Waals surface area contributed by atoms with Gasteiger partial charge in [0, 0.05) is 37.4 Å². The van der Waals surface area contributed by atoms with Crippen LogP contribution in [0.3, 0.4) is 0 Å². The first-order chi connectivity index (χ1) is 12.6. The van der Waals surface area contributed by atoms with E-state index >= 15 is 0 Å². The molecule has 1 aliphatic rings. The summed E-state index contributed by atoms with van der Waals surface area (Å²) in [6, 6.07) is 5.94. The van der Waals surface area contributed by atoms with Crippen LogP contribution in [-0.4, -0.2) is 38.4 Å². The summed E-state index contributed by atoms with van der Waals surface area (Å²) in [6.07, 6.45) is 6.58. The van der Waals surface area contributed by atoms with Gasteiger partial charge in [-0.1, -0.05) is 13.0 Å². The molecule has 0 bridgehead atoms. The normalized spacial score (nSPS) is 15.0. The maximum atomic E-state index is 6.75. The number of rotatable bonds is 6. The summed E-state index contributed by atoms with van der Waals surface area (Å²) in [5, 5.41) is 0.763. The van der Waals surface area contributed by atoms with Gasteiger partial charge in [0.25, 0.3) is 0 Å². The number of nitrogens with two attached hydrogens (primary N) is 1. The van der Waals surface area contributed by atoms with E-state index < -0.39 is 5.66 Å². The Hall–Kier alpha value is -2.65. The zero-order valence-corrected chi connectivity index (χ0v) is 15.4. The number of anilines is 1. The van der Waals surface area contributed by atoms with E-state index in [1.165, 1.54) is 11.5 Å². The molecule has 0 fully saturated rings. The maximum absolute atomic E-state index is 6.75. The number of aromatic nitrogens is 4. The van der Waals surface area contributed by atoms with Crippen LogP contribution in [0.25, 0.3) is 5.95 Å². The molecule has 26 heavy (non-hydrogen) atoms. The van der Waals surface area contributed by atoms with E-state index in [1.807, 2.05) is 36.3 Å². The van der Waals surface area contributed by atoms with E-state index in [2.05, 4.69) is 21.3 Å². The molecule has 0 aliphatic carbocycles. The molecule has 2 aromatic heterocycles. The minimum Gasteiger partial charge on any atom is -0.454 e. The van der Waals surface area contributed by atoms with Gasteiger partial charge in [0.1, 0.15) is 6.33 Å². The fraction of sp³-hybridized carbons (Fsp3) is 0.353. The number of ether oxygens (including phenoxy) is 2. The molecule has 1 aliphatic heterocycles. The van der Waals surface area contributed by atoms with Gasteiger partial charge >= 0.3 is 0 Å². The van der Waals surface area contributed by atoms with E-state index in [9.17, 15) is 0 Å². The first kappa shape index (κ1) is 16.8. The molecule has 0 saturated carbocycles. The van der Waals surface area contributed by atoms with Crippen LogP contribution < -0.4 is 20.1 Å². The zero-order valence-electron chi connectivity index (χ0n) is 14.6. The predicted molar refractivity (Wildman–Crippen MR) is 98.9 cm³/mol. The molecule has 0 spiro atoms. The summed E-state index contributed by atoms with van der Waals surface area (Å²) in [7, 11) is 1.95. The summed E-state index contributed by atoms with van der Waals surface area (Å²) in [4.78, 5) is 10.6. The Morgan fingerprint density at radius 1 is 1.35 bits per heavy atom. The van der Waals surface area contributed by atoms with Crippen molar-refractivity contribution in [3.8, 4) is 17.4 Å². The molecule has 1 unspecified atom stereocenters. The summed E-state index contributed by atoms with van der Waals surface area (Å²) < 4.78 is 17.0. The van der Waals surface area contributed by atoms with Crippen molar-refractivity contribution in [1.82, 2.24) is 18.9 Å². The van der Waals surface area contributed by atoms with Crippen LogP contribution in [0, 0.1) is 0 Å². The molecule has 4 rings (SSSR count). The average Bonchev–Trinajstić information content (AvgIpc) is 3.40. The lowest BCUT2D eigenvalue weighted by Gasteiger charge is -2.37. The van der Waals surface area contributed by atoms with Crippen LogP contribution in [0.5, 0.6) is 11.5 Å². The zero-order chi connectivity index (χ0) is 18.1. The highest BCUT2D eigenvalue weighted by Crippen LogP contribution is 2.34. The summed E-state index contributed by atoms with van der Waals surface area (Å²) >= 11 is 1.32. The minimum atomic E-state index is -0.598. The predicted octanol–water partition coefficient (Wildman–Crippen LogP) is 2.20. The topological polar surface area (TPSA) is 91.3 Å². The van der Waals surface area contributed by atoms with Crippen molar-refractivity contribution in [2.24, 2.45) is 5.73 Å². The van der Waals surface area contributed by atoms with Crippen molar-refractivity contribution < 1.29 is 9.47 Å². The van der Waals surface area contributed by atoms with Gasteiger partial charge in [0.2, 0.25) is 17.9 Å². The summed E-state index contributed by atoms with van der Waals surface area (Å²) in [5.74, 6) is 2.13. The van der Waals surface area contributed by atoms with Gasteiger partial charge in [0.05, 0.1) is 5.66 Å². The largest absolute Gasteiger partial charge is 0.454 e. The standard InChI is InChI=1S/C17H20N6O2S/c1-3-17(18,9-12-4-5-13-14(8-12)25-11-24-13)22(2)16-20-15(21-26-16)23-7-6-19-10-23/h4-8,10H,3,9,11,18H2,1-2H3. The van der Waals surface area contributed by atoms with E-state index in [1.54, 1.807) is 17.1 Å². The summed E-state index contributed by atoms with van der Waals surface area (Å²) in [5.41, 5.74) is 7.24. The lowest BCUT2D eigenvalue weighted by atomic mass is 9.96. The van der Waals surface area contributed by atoms with Gasteiger partial charge < -0.3 is 20.1 Å². The Balaban J connectivity index is 1.57. The van der Waals surface area contributed by atoms with Crippen LogP contribution in [0.15, 0.2) is 36.9 Å². The highest BCUT2D eigenvalue weighted by Gasteiger charge is 2.31. The van der Waals surface area contributed by atoms with Crippen molar-refractivity contribution in [2.45, 2.75) is 25.4 Å². The monoisotopic (exact) mass is 372 g/mol. The number of imidazole rings is 1. The van der Waals surface area contributed by atoms with Gasteiger partial charge in [-0.05, 0) is 24.1 Å². The van der Waals surface area contributed by atoms with E-state index in [0.717, 1.165) is 28.6 Å². The average molecular weight is 372 g/mol. The Morgan fingerprint density at radius 2 is 2.19 bits per heavy atom. The Kier molecular flexibility index (Phi) is 4.25. The molecule has 2 N–H and O–H groups in total. The first-order valence-corrected chi connectivity index (χ1v) is 9.10. The van der Waals surface area contributed by atoms with Crippen molar-refractivity contribution in [3.05, 3.63) is 42.5 Å². The lowest BCUT2D eigenvalue weighted by molar-refractivity contribution is 0.174. The second-order valence-corrected chi connectivity index (χ2v) is 6.96. The molecule has 3 heterocycles. The number of hydrogen-bond acceptors (Lipinski definition) is 8. The molecule has 0 saturated heterocycles. The number of likely N-dealkylation sites (N-methyl/N-ethyl adjacent to an activating group) is 1. The van der Waals surface area contributed by atoms with Crippen molar-refractivity contribution in [3.63, 3.8) is 0 Å². The van der Waals surface area contributed by atoms with Crippen LogP contribution in [-0.2, 0) is 6.42 Å². The first-order valence-electron chi connectivity index (χ1n) is 8.32. The Bertz CT molecular complexity index is 897. The molecule has 1 aromatic carbocycles. The second-order valence-electron chi connectivity index (χ2n) is 6.23. The third-order valence-electron chi connectivity index (χ3n) is 4.65.